The molecule has 0 aliphatic rings. The number of rotatable bonds is 3. The molecular weight excluding hydrogens is 312 g/mol. The number of aromatic amines is 1. The summed E-state index contributed by atoms with van der Waals surface area (Å²) in [6.07, 6.45) is 5.86. The summed E-state index contributed by atoms with van der Waals surface area (Å²) < 4.78 is 0. The van der Waals surface area contributed by atoms with Crippen LogP contribution in [0.2, 0.25) is 0 Å². The van der Waals surface area contributed by atoms with Gasteiger partial charge < -0.3 is 4.98 Å². The molecule has 0 spiro atoms. The highest BCUT2D eigenvalue weighted by molar-refractivity contribution is 7.98. The number of nitrogens with one attached hydrogen (secondary N) is 1. The minimum atomic E-state index is -0.0655. The van der Waals surface area contributed by atoms with Gasteiger partial charge >= 0.3 is 0 Å². The highest BCUT2D eigenvalue weighted by atomic mass is 32.2. The first-order valence-electron chi connectivity index (χ1n) is 6.90. The number of H-pyrrole nitrogens is 1. The second-order valence-electron chi connectivity index (χ2n) is 5.02. The fourth-order valence-electron chi connectivity index (χ4n) is 2.24. The third-order valence-electron chi connectivity index (χ3n) is 3.61. The second kappa shape index (κ2) is 6.10. The Kier molecular flexibility index (Phi) is 4.18. The van der Waals surface area contributed by atoms with E-state index in [1.807, 2.05) is 26.0 Å². The Labute approximate surface area is 137 Å². The summed E-state index contributed by atoms with van der Waals surface area (Å²) in [5, 5.41) is 0.712. The van der Waals surface area contributed by atoms with Gasteiger partial charge in [0, 0.05) is 9.77 Å². The standard InChI is InChI=1S/C17H16N2OS2/c1-10-11(2)22-17-15(10)16(20)18-14(19-17)9-6-12-4-7-13(21-3)8-5-12/h4-9H,1-3H3,(H,18,19,20). The average molecular weight is 328 g/mol. The van der Waals surface area contributed by atoms with Gasteiger partial charge in [-0.3, -0.25) is 4.79 Å². The molecule has 0 aliphatic carbocycles. The predicted octanol–water partition coefficient (Wildman–Crippen LogP) is 4.49. The molecule has 1 N–H and O–H groups in total. The van der Waals surface area contributed by atoms with E-state index < -0.39 is 0 Å². The molecule has 0 fully saturated rings. The first kappa shape index (κ1) is 15.1. The first-order valence-corrected chi connectivity index (χ1v) is 8.95. The maximum atomic E-state index is 12.2. The van der Waals surface area contributed by atoms with Gasteiger partial charge in [-0.05, 0) is 49.4 Å². The van der Waals surface area contributed by atoms with Crippen LogP contribution in [0.15, 0.2) is 34.0 Å². The van der Waals surface area contributed by atoms with E-state index in [9.17, 15) is 4.79 Å². The van der Waals surface area contributed by atoms with Crippen molar-refractivity contribution in [3.8, 4) is 0 Å². The molecule has 5 heteroatoms. The molecule has 1 aromatic carbocycles. The van der Waals surface area contributed by atoms with Crippen molar-refractivity contribution in [1.29, 1.82) is 0 Å². The Morgan fingerprint density at radius 2 is 1.91 bits per heavy atom. The van der Waals surface area contributed by atoms with Crippen molar-refractivity contribution in [2.75, 3.05) is 6.26 Å². The van der Waals surface area contributed by atoms with Crippen LogP contribution in [0.25, 0.3) is 22.4 Å². The zero-order valence-corrected chi connectivity index (χ0v) is 14.3. The average Bonchev–Trinajstić information content (AvgIpc) is 2.81. The Balaban J connectivity index is 1.96. The lowest BCUT2D eigenvalue weighted by Crippen LogP contribution is -2.09. The smallest absolute Gasteiger partial charge is 0.260 e. The summed E-state index contributed by atoms with van der Waals surface area (Å²) in [7, 11) is 0. The van der Waals surface area contributed by atoms with E-state index in [-0.39, 0.29) is 5.56 Å². The molecule has 0 bridgehead atoms. The van der Waals surface area contributed by atoms with Crippen molar-refractivity contribution in [1.82, 2.24) is 9.97 Å². The Bertz CT molecular complexity index is 905. The predicted molar refractivity (Wildman–Crippen MR) is 96.9 cm³/mol. The van der Waals surface area contributed by atoms with Crippen LogP contribution in [-0.4, -0.2) is 16.2 Å². The molecule has 3 aromatic rings. The summed E-state index contributed by atoms with van der Waals surface area (Å²) in [6.45, 7) is 3.98. The molecule has 3 rings (SSSR count). The van der Waals surface area contributed by atoms with Crippen LogP contribution >= 0.6 is 23.1 Å². The van der Waals surface area contributed by atoms with Crippen LogP contribution < -0.4 is 5.56 Å². The Morgan fingerprint density at radius 3 is 2.59 bits per heavy atom. The molecular formula is C17H16N2OS2. The molecule has 3 nitrogen and oxygen atoms in total. The number of aromatic nitrogens is 2. The maximum absolute atomic E-state index is 12.2. The zero-order valence-electron chi connectivity index (χ0n) is 12.6. The number of hydrogen-bond donors (Lipinski definition) is 1. The molecule has 0 amide bonds. The number of hydrogen-bond acceptors (Lipinski definition) is 4. The van der Waals surface area contributed by atoms with Crippen molar-refractivity contribution in [3.63, 3.8) is 0 Å². The fourth-order valence-corrected chi connectivity index (χ4v) is 3.69. The third-order valence-corrected chi connectivity index (χ3v) is 5.45. The van der Waals surface area contributed by atoms with Crippen molar-refractivity contribution in [2.45, 2.75) is 18.7 Å². The highest BCUT2D eigenvalue weighted by Crippen LogP contribution is 2.25. The van der Waals surface area contributed by atoms with Crippen LogP contribution in [-0.2, 0) is 0 Å². The van der Waals surface area contributed by atoms with Gasteiger partial charge in [0.1, 0.15) is 10.7 Å². The van der Waals surface area contributed by atoms with Crippen LogP contribution in [0.1, 0.15) is 21.8 Å². The Hall–Kier alpha value is -1.85. The molecule has 0 saturated heterocycles. The maximum Gasteiger partial charge on any atom is 0.260 e. The number of benzene rings is 1. The highest BCUT2D eigenvalue weighted by Gasteiger charge is 2.10. The monoisotopic (exact) mass is 328 g/mol. The van der Waals surface area contributed by atoms with Crippen LogP contribution in [0.5, 0.6) is 0 Å². The topological polar surface area (TPSA) is 45.8 Å². The molecule has 2 heterocycles. The van der Waals surface area contributed by atoms with Crippen LogP contribution in [0.4, 0.5) is 0 Å². The largest absolute Gasteiger partial charge is 0.306 e. The van der Waals surface area contributed by atoms with Gasteiger partial charge in [0.05, 0.1) is 5.39 Å². The van der Waals surface area contributed by atoms with Crippen LogP contribution in [0.3, 0.4) is 0 Å². The summed E-state index contributed by atoms with van der Waals surface area (Å²) in [4.78, 5) is 22.8. The van der Waals surface area contributed by atoms with Crippen molar-refractivity contribution in [2.24, 2.45) is 0 Å². The van der Waals surface area contributed by atoms with E-state index in [0.29, 0.717) is 11.2 Å². The summed E-state index contributed by atoms with van der Waals surface area (Å²) in [5.74, 6) is 0.590. The Morgan fingerprint density at radius 1 is 1.18 bits per heavy atom. The van der Waals surface area contributed by atoms with E-state index >= 15 is 0 Å². The van der Waals surface area contributed by atoms with Crippen molar-refractivity contribution >= 4 is 45.5 Å². The third kappa shape index (κ3) is 2.87. The number of nitrogens with zero attached hydrogens (tertiary/aromatic N) is 1. The molecule has 2 aromatic heterocycles. The minimum absolute atomic E-state index is 0.0655. The molecule has 0 saturated carbocycles. The lowest BCUT2D eigenvalue weighted by atomic mass is 10.2. The molecule has 0 atom stereocenters. The lowest BCUT2D eigenvalue weighted by molar-refractivity contribution is 1.15. The van der Waals surface area contributed by atoms with E-state index in [1.54, 1.807) is 23.1 Å². The van der Waals surface area contributed by atoms with E-state index in [2.05, 4.69) is 40.5 Å². The van der Waals surface area contributed by atoms with Gasteiger partial charge in [-0.15, -0.1) is 23.1 Å². The molecule has 22 heavy (non-hydrogen) atoms. The van der Waals surface area contributed by atoms with Crippen molar-refractivity contribution < 1.29 is 0 Å². The summed E-state index contributed by atoms with van der Waals surface area (Å²) >= 11 is 3.28. The summed E-state index contributed by atoms with van der Waals surface area (Å²) in [5.41, 5.74) is 2.04. The first-order chi connectivity index (χ1) is 10.6. The zero-order chi connectivity index (χ0) is 15.7. The number of thiophene rings is 1. The number of aryl methyl sites for hydroxylation is 2. The molecule has 112 valence electrons. The summed E-state index contributed by atoms with van der Waals surface area (Å²) in [6, 6.07) is 8.27. The van der Waals surface area contributed by atoms with E-state index in [4.69, 9.17) is 0 Å². The number of thioether (sulfide) groups is 1. The van der Waals surface area contributed by atoms with Gasteiger partial charge in [-0.25, -0.2) is 4.98 Å². The minimum Gasteiger partial charge on any atom is -0.306 e. The van der Waals surface area contributed by atoms with E-state index in [0.717, 1.165) is 20.8 Å². The van der Waals surface area contributed by atoms with Gasteiger partial charge in [-0.2, -0.15) is 0 Å². The molecule has 0 radical (unpaired) electrons. The normalized spacial score (nSPS) is 11.6. The fraction of sp³-hybridized carbons (Fsp3) is 0.176. The van der Waals surface area contributed by atoms with Crippen molar-refractivity contribution in [3.05, 3.63) is 56.4 Å². The van der Waals surface area contributed by atoms with Crippen LogP contribution in [0, 0.1) is 13.8 Å². The molecule has 0 aliphatic heterocycles. The van der Waals surface area contributed by atoms with Gasteiger partial charge in [0.2, 0.25) is 0 Å². The number of fused-ring (bicyclic) bond motifs is 1. The quantitative estimate of drug-likeness (QED) is 0.720. The molecule has 0 unspecified atom stereocenters. The van der Waals surface area contributed by atoms with Gasteiger partial charge in [-0.1, -0.05) is 18.2 Å². The lowest BCUT2D eigenvalue weighted by Gasteiger charge is -1.98. The van der Waals surface area contributed by atoms with Gasteiger partial charge in [0.25, 0.3) is 5.56 Å². The van der Waals surface area contributed by atoms with E-state index in [1.165, 1.54) is 4.90 Å². The SMILES string of the molecule is CSc1ccc(C=Cc2nc3sc(C)c(C)c3c(=O)[nH]2)cc1. The van der Waals surface area contributed by atoms with Gasteiger partial charge in [0.15, 0.2) is 0 Å². The second-order valence-corrected chi connectivity index (χ2v) is 7.10.